The molecule has 6 rings (SSSR count). The van der Waals surface area contributed by atoms with Crippen molar-refractivity contribution >= 4 is 11.7 Å². The Labute approximate surface area is 130 Å². The topological polar surface area (TPSA) is 69.8 Å². The summed E-state index contributed by atoms with van der Waals surface area (Å²) >= 11 is 0. The van der Waals surface area contributed by atoms with Gasteiger partial charge in [-0.15, -0.1) is 0 Å². The third-order valence-corrected chi connectivity index (χ3v) is 6.56. The number of rotatable bonds is 2. The molecular formula is C17H24N4O. The lowest BCUT2D eigenvalue weighted by molar-refractivity contribution is -0.140. The van der Waals surface area contributed by atoms with Crippen LogP contribution in [0, 0.1) is 23.2 Å². The number of H-pyrrole nitrogens is 1. The highest BCUT2D eigenvalue weighted by molar-refractivity contribution is 5.95. The Bertz CT molecular complexity index is 585. The SMILES string of the molecule is O=C(Nc1n[nH]c2c1CCNC2)C12CC3CC(CC(C3)C1)C2. The molecule has 1 amide bonds. The minimum atomic E-state index is -0.0898. The molecule has 0 aromatic carbocycles. The van der Waals surface area contributed by atoms with Crippen molar-refractivity contribution in [3.05, 3.63) is 11.3 Å². The Morgan fingerprint density at radius 3 is 2.50 bits per heavy atom. The molecule has 4 saturated carbocycles. The van der Waals surface area contributed by atoms with Crippen LogP contribution in [0.3, 0.4) is 0 Å². The largest absolute Gasteiger partial charge is 0.311 e. The van der Waals surface area contributed by atoms with E-state index in [0.29, 0.717) is 0 Å². The summed E-state index contributed by atoms with van der Waals surface area (Å²) in [6, 6.07) is 0. The normalized spacial score (nSPS) is 38.8. The molecule has 4 aliphatic carbocycles. The van der Waals surface area contributed by atoms with Crippen molar-refractivity contribution in [2.75, 3.05) is 11.9 Å². The second-order valence-electron chi connectivity index (χ2n) is 8.11. The molecule has 4 fully saturated rings. The molecule has 0 saturated heterocycles. The van der Waals surface area contributed by atoms with E-state index >= 15 is 0 Å². The molecule has 2 heterocycles. The monoisotopic (exact) mass is 300 g/mol. The van der Waals surface area contributed by atoms with Crippen molar-refractivity contribution in [2.45, 2.75) is 51.5 Å². The predicted octanol–water partition coefficient (Wildman–Crippen LogP) is 2.21. The molecule has 1 aromatic heterocycles. The molecule has 118 valence electrons. The number of hydrogen-bond donors (Lipinski definition) is 3. The second kappa shape index (κ2) is 4.57. The minimum absolute atomic E-state index is 0.0898. The Kier molecular flexibility index (Phi) is 2.72. The summed E-state index contributed by atoms with van der Waals surface area (Å²) in [6.45, 7) is 1.79. The van der Waals surface area contributed by atoms with E-state index in [-0.39, 0.29) is 11.3 Å². The molecule has 0 radical (unpaired) electrons. The van der Waals surface area contributed by atoms with Crippen molar-refractivity contribution < 1.29 is 4.79 Å². The van der Waals surface area contributed by atoms with Gasteiger partial charge in [0.1, 0.15) is 0 Å². The molecule has 4 bridgehead atoms. The highest BCUT2D eigenvalue weighted by Gasteiger charge is 2.54. The van der Waals surface area contributed by atoms with E-state index < -0.39 is 0 Å². The van der Waals surface area contributed by atoms with Gasteiger partial charge in [-0.1, -0.05) is 0 Å². The van der Waals surface area contributed by atoms with Crippen LogP contribution in [-0.2, 0) is 17.8 Å². The van der Waals surface area contributed by atoms with Gasteiger partial charge < -0.3 is 10.6 Å². The van der Waals surface area contributed by atoms with Crippen LogP contribution in [0.1, 0.15) is 49.8 Å². The van der Waals surface area contributed by atoms with Crippen LogP contribution in [0.4, 0.5) is 5.82 Å². The van der Waals surface area contributed by atoms with E-state index in [4.69, 9.17) is 0 Å². The lowest BCUT2D eigenvalue weighted by Crippen LogP contribution is -2.51. The van der Waals surface area contributed by atoms with Gasteiger partial charge in [-0.25, -0.2) is 0 Å². The van der Waals surface area contributed by atoms with Crippen LogP contribution in [0.15, 0.2) is 0 Å². The molecule has 0 unspecified atom stereocenters. The van der Waals surface area contributed by atoms with Gasteiger partial charge in [0.2, 0.25) is 5.91 Å². The number of nitrogens with one attached hydrogen (secondary N) is 3. The van der Waals surface area contributed by atoms with E-state index in [1.165, 1.54) is 24.8 Å². The number of amides is 1. The summed E-state index contributed by atoms with van der Waals surface area (Å²) in [6.07, 6.45) is 8.39. The average Bonchev–Trinajstić information content (AvgIpc) is 2.89. The summed E-state index contributed by atoms with van der Waals surface area (Å²) < 4.78 is 0. The Balaban J connectivity index is 1.40. The molecule has 5 heteroatoms. The molecule has 0 spiro atoms. The quantitative estimate of drug-likeness (QED) is 0.784. The Morgan fingerprint density at radius 2 is 1.82 bits per heavy atom. The van der Waals surface area contributed by atoms with Crippen molar-refractivity contribution in [3.63, 3.8) is 0 Å². The van der Waals surface area contributed by atoms with Crippen LogP contribution >= 0.6 is 0 Å². The van der Waals surface area contributed by atoms with Crippen LogP contribution < -0.4 is 10.6 Å². The lowest BCUT2D eigenvalue weighted by atomic mass is 9.49. The number of aromatic amines is 1. The maximum atomic E-state index is 13.1. The number of carbonyl (C=O) groups is 1. The maximum absolute atomic E-state index is 13.1. The number of fused-ring (bicyclic) bond motifs is 1. The lowest BCUT2D eigenvalue weighted by Gasteiger charge is -2.55. The molecule has 0 atom stereocenters. The van der Waals surface area contributed by atoms with Gasteiger partial charge in [0.05, 0.1) is 11.1 Å². The van der Waals surface area contributed by atoms with E-state index in [9.17, 15) is 4.79 Å². The first-order valence-electron chi connectivity index (χ1n) is 8.80. The Morgan fingerprint density at radius 1 is 1.14 bits per heavy atom. The summed E-state index contributed by atoms with van der Waals surface area (Å²) in [5, 5.41) is 14.0. The number of nitrogens with zero attached hydrogens (tertiary/aromatic N) is 1. The second-order valence-corrected chi connectivity index (χ2v) is 8.11. The van der Waals surface area contributed by atoms with Crippen molar-refractivity contribution in [1.29, 1.82) is 0 Å². The fourth-order valence-corrected chi connectivity index (χ4v) is 5.98. The molecule has 5 nitrogen and oxygen atoms in total. The van der Waals surface area contributed by atoms with Gasteiger partial charge in [-0.05, 0) is 69.2 Å². The fourth-order valence-electron chi connectivity index (χ4n) is 5.98. The molecule has 1 aromatic rings. The van der Waals surface area contributed by atoms with Crippen LogP contribution in [-0.4, -0.2) is 22.6 Å². The maximum Gasteiger partial charge on any atom is 0.231 e. The summed E-state index contributed by atoms with van der Waals surface area (Å²) in [7, 11) is 0. The minimum Gasteiger partial charge on any atom is -0.311 e. The van der Waals surface area contributed by atoms with Crippen LogP contribution in [0.25, 0.3) is 0 Å². The zero-order valence-electron chi connectivity index (χ0n) is 13.0. The Hall–Kier alpha value is -1.36. The molecule has 22 heavy (non-hydrogen) atoms. The van der Waals surface area contributed by atoms with E-state index in [1.54, 1.807) is 0 Å². The zero-order chi connectivity index (χ0) is 14.7. The van der Waals surface area contributed by atoms with E-state index in [2.05, 4.69) is 20.8 Å². The number of anilines is 1. The fraction of sp³-hybridized carbons (Fsp3) is 0.765. The molecular weight excluding hydrogens is 276 g/mol. The molecule has 1 aliphatic heterocycles. The van der Waals surface area contributed by atoms with Crippen LogP contribution in [0.2, 0.25) is 0 Å². The van der Waals surface area contributed by atoms with E-state index in [0.717, 1.165) is 68.0 Å². The first-order chi connectivity index (χ1) is 10.7. The van der Waals surface area contributed by atoms with Crippen LogP contribution in [0.5, 0.6) is 0 Å². The van der Waals surface area contributed by atoms with Gasteiger partial charge in [-0.3, -0.25) is 9.89 Å². The zero-order valence-corrected chi connectivity index (χ0v) is 13.0. The van der Waals surface area contributed by atoms with Gasteiger partial charge in [0, 0.05) is 12.1 Å². The average molecular weight is 300 g/mol. The number of carbonyl (C=O) groups excluding carboxylic acids is 1. The van der Waals surface area contributed by atoms with Gasteiger partial charge in [0.15, 0.2) is 5.82 Å². The molecule has 3 N–H and O–H groups in total. The number of aromatic nitrogens is 2. The third kappa shape index (κ3) is 1.87. The van der Waals surface area contributed by atoms with Crippen molar-refractivity contribution in [1.82, 2.24) is 15.5 Å². The standard InChI is InChI=1S/C17H24N4O/c22-16(19-15-13-1-2-18-9-14(13)20-21-15)17-6-10-3-11(7-17)5-12(4-10)8-17/h10-12,18H,1-9H2,(H2,19,20,21,22). The van der Waals surface area contributed by atoms with Gasteiger partial charge in [0.25, 0.3) is 0 Å². The predicted molar refractivity (Wildman–Crippen MR) is 83.2 cm³/mol. The van der Waals surface area contributed by atoms with Gasteiger partial charge >= 0.3 is 0 Å². The summed E-state index contributed by atoms with van der Waals surface area (Å²) in [5.74, 6) is 3.44. The summed E-state index contributed by atoms with van der Waals surface area (Å²) in [4.78, 5) is 13.1. The highest BCUT2D eigenvalue weighted by atomic mass is 16.2. The van der Waals surface area contributed by atoms with Crippen molar-refractivity contribution in [2.24, 2.45) is 23.2 Å². The third-order valence-electron chi connectivity index (χ3n) is 6.56. The summed E-state index contributed by atoms with van der Waals surface area (Å²) in [5.41, 5.74) is 2.25. The number of hydrogen-bond acceptors (Lipinski definition) is 3. The smallest absolute Gasteiger partial charge is 0.231 e. The first kappa shape index (κ1) is 13.1. The van der Waals surface area contributed by atoms with Crippen molar-refractivity contribution in [3.8, 4) is 0 Å². The van der Waals surface area contributed by atoms with Gasteiger partial charge in [-0.2, -0.15) is 5.10 Å². The molecule has 5 aliphatic rings. The van der Waals surface area contributed by atoms with E-state index in [1.807, 2.05) is 0 Å². The highest BCUT2D eigenvalue weighted by Crippen LogP contribution is 2.60. The first-order valence-corrected chi connectivity index (χ1v) is 8.80.